The molecule has 150 valence electrons. The Bertz CT molecular complexity index is 765. The van der Waals surface area contributed by atoms with Crippen molar-refractivity contribution >= 4 is 17.5 Å². The summed E-state index contributed by atoms with van der Waals surface area (Å²) in [5, 5.41) is 3.52. The Labute approximate surface area is 170 Å². The van der Waals surface area contributed by atoms with Crippen LogP contribution in [0.3, 0.4) is 0 Å². The second-order valence-corrected chi connectivity index (χ2v) is 7.53. The summed E-state index contributed by atoms with van der Waals surface area (Å²) in [5.41, 5.74) is 0.515. The molecule has 0 atom stereocenters. The van der Waals surface area contributed by atoms with Gasteiger partial charge in [0.05, 0.1) is 0 Å². The fourth-order valence-electron chi connectivity index (χ4n) is 3.35. The van der Waals surface area contributed by atoms with E-state index < -0.39 is 0 Å². The number of amides is 1. The summed E-state index contributed by atoms with van der Waals surface area (Å²) in [6.45, 7) is 6.19. The molecule has 1 heterocycles. The van der Waals surface area contributed by atoms with Crippen LogP contribution in [0.25, 0.3) is 0 Å². The molecule has 0 radical (unpaired) electrons. The van der Waals surface area contributed by atoms with Crippen molar-refractivity contribution in [1.82, 2.24) is 5.32 Å². The molecule has 1 amide bonds. The minimum atomic E-state index is -0.284. The predicted molar refractivity (Wildman–Crippen MR) is 106 cm³/mol. The summed E-state index contributed by atoms with van der Waals surface area (Å²) < 4.78 is 19.4. The highest BCUT2D eigenvalue weighted by Crippen LogP contribution is 2.14. The van der Waals surface area contributed by atoms with Crippen LogP contribution in [-0.2, 0) is 11.3 Å². The van der Waals surface area contributed by atoms with Crippen LogP contribution in [0.1, 0.15) is 5.56 Å². The monoisotopic (exact) mass is 407 g/mol. The maximum atomic E-state index is 13.6. The fraction of sp³-hybridized carbons (Fsp3) is 0.381. The lowest BCUT2D eigenvalue weighted by atomic mass is 10.2. The summed E-state index contributed by atoms with van der Waals surface area (Å²) in [4.78, 5) is 14.9. The van der Waals surface area contributed by atoms with Gasteiger partial charge in [0, 0.05) is 17.1 Å². The summed E-state index contributed by atoms with van der Waals surface area (Å²) in [6, 6.07) is 13.9. The first-order valence-corrected chi connectivity index (χ1v) is 10.0. The van der Waals surface area contributed by atoms with Gasteiger partial charge < -0.3 is 19.9 Å². The van der Waals surface area contributed by atoms with E-state index in [1.54, 1.807) is 18.2 Å². The molecule has 1 aliphatic heterocycles. The maximum absolute atomic E-state index is 13.6. The Morgan fingerprint density at radius 1 is 1.04 bits per heavy atom. The number of nitrogens with one attached hydrogen (secondary N) is 3. The van der Waals surface area contributed by atoms with Crippen molar-refractivity contribution in [1.29, 1.82) is 0 Å². The normalized spacial score (nSPS) is 19.2. The topological polar surface area (TPSA) is 47.2 Å². The second kappa shape index (κ2) is 10.4. The van der Waals surface area contributed by atoms with E-state index in [4.69, 9.17) is 16.3 Å². The lowest BCUT2D eigenvalue weighted by Crippen LogP contribution is -3.28. The third-order valence-electron chi connectivity index (χ3n) is 5.05. The molecule has 0 spiro atoms. The zero-order valence-corrected chi connectivity index (χ0v) is 16.6. The quantitative estimate of drug-likeness (QED) is 0.575. The zero-order valence-electron chi connectivity index (χ0n) is 15.8. The molecule has 0 bridgehead atoms. The van der Waals surface area contributed by atoms with Crippen molar-refractivity contribution in [2.45, 2.75) is 6.54 Å². The molecule has 7 heteroatoms. The number of ether oxygens (including phenoxy) is 1. The largest absolute Gasteiger partial charge is 0.488 e. The van der Waals surface area contributed by atoms with Crippen LogP contribution in [0.2, 0.25) is 5.02 Å². The van der Waals surface area contributed by atoms with Crippen molar-refractivity contribution in [2.75, 3.05) is 45.9 Å². The number of hydrogen-bond acceptors (Lipinski definition) is 2. The Morgan fingerprint density at radius 3 is 2.43 bits per heavy atom. The number of hydrogen-bond donors (Lipinski definition) is 3. The Hall–Kier alpha value is -2.15. The highest BCUT2D eigenvalue weighted by molar-refractivity contribution is 6.30. The van der Waals surface area contributed by atoms with Crippen molar-refractivity contribution < 1.29 is 23.7 Å². The van der Waals surface area contributed by atoms with Crippen molar-refractivity contribution in [3.05, 3.63) is 64.9 Å². The molecule has 3 rings (SSSR count). The number of benzene rings is 2. The van der Waals surface area contributed by atoms with E-state index in [2.05, 4.69) is 5.32 Å². The standard InChI is InChI=1S/C21H25ClFN3O2/c22-18-5-7-19(8-6-18)28-14-13-25-9-11-26(12-10-25)16-21(27)24-15-17-3-1-2-4-20(17)23/h1-8H,9-16H2,(H,24,27)/p+2. The van der Waals surface area contributed by atoms with E-state index in [0.717, 1.165) is 38.5 Å². The molecule has 2 aromatic carbocycles. The molecule has 1 fully saturated rings. The molecular weight excluding hydrogens is 381 g/mol. The number of halogens is 2. The van der Waals surface area contributed by atoms with Crippen LogP contribution in [0.15, 0.2) is 48.5 Å². The number of rotatable bonds is 8. The average molecular weight is 408 g/mol. The molecule has 28 heavy (non-hydrogen) atoms. The number of quaternary nitrogens is 2. The maximum Gasteiger partial charge on any atom is 0.275 e. The van der Waals surface area contributed by atoms with E-state index in [9.17, 15) is 9.18 Å². The molecule has 0 aromatic heterocycles. The fourth-order valence-corrected chi connectivity index (χ4v) is 3.48. The SMILES string of the molecule is O=C(C[NH+]1CC[NH+](CCOc2ccc(Cl)cc2)CC1)NCc1ccccc1F. The van der Waals surface area contributed by atoms with Gasteiger partial charge in [-0.1, -0.05) is 29.8 Å². The van der Waals surface area contributed by atoms with Crippen LogP contribution in [0.4, 0.5) is 4.39 Å². The van der Waals surface area contributed by atoms with Crippen LogP contribution < -0.4 is 19.9 Å². The summed E-state index contributed by atoms with van der Waals surface area (Å²) in [6.07, 6.45) is 0. The van der Waals surface area contributed by atoms with Gasteiger partial charge in [0.25, 0.3) is 5.91 Å². The van der Waals surface area contributed by atoms with E-state index in [-0.39, 0.29) is 18.3 Å². The molecule has 1 saturated heterocycles. The van der Waals surface area contributed by atoms with Crippen LogP contribution >= 0.6 is 11.6 Å². The van der Waals surface area contributed by atoms with Gasteiger partial charge in [-0.05, 0) is 30.3 Å². The minimum Gasteiger partial charge on any atom is -0.488 e. The highest BCUT2D eigenvalue weighted by atomic mass is 35.5. The van der Waals surface area contributed by atoms with E-state index >= 15 is 0 Å². The van der Waals surface area contributed by atoms with Gasteiger partial charge in [-0.2, -0.15) is 0 Å². The van der Waals surface area contributed by atoms with Crippen molar-refractivity contribution in [2.24, 2.45) is 0 Å². The van der Waals surface area contributed by atoms with Gasteiger partial charge in [-0.15, -0.1) is 0 Å². The van der Waals surface area contributed by atoms with Crippen LogP contribution in [0.5, 0.6) is 5.75 Å². The van der Waals surface area contributed by atoms with Crippen molar-refractivity contribution in [3.63, 3.8) is 0 Å². The van der Waals surface area contributed by atoms with Crippen molar-refractivity contribution in [3.8, 4) is 5.75 Å². The van der Waals surface area contributed by atoms with E-state index in [1.165, 1.54) is 15.9 Å². The molecule has 5 nitrogen and oxygen atoms in total. The van der Waals surface area contributed by atoms with Gasteiger partial charge in [0.15, 0.2) is 6.54 Å². The Balaban J connectivity index is 1.31. The van der Waals surface area contributed by atoms with Gasteiger partial charge in [0.1, 0.15) is 50.9 Å². The van der Waals surface area contributed by atoms with Gasteiger partial charge in [-0.25, -0.2) is 4.39 Å². The van der Waals surface area contributed by atoms with E-state index in [0.29, 0.717) is 23.7 Å². The predicted octanol–water partition coefficient (Wildman–Crippen LogP) is -0.0423. The lowest BCUT2D eigenvalue weighted by molar-refractivity contribution is -1.01. The van der Waals surface area contributed by atoms with Crippen LogP contribution in [-0.4, -0.2) is 51.8 Å². The molecule has 0 aliphatic carbocycles. The smallest absolute Gasteiger partial charge is 0.275 e. The minimum absolute atomic E-state index is 0.0345. The first-order chi connectivity index (χ1) is 13.6. The Morgan fingerprint density at radius 2 is 1.71 bits per heavy atom. The summed E-state index contributed by atoms with van der Waals surface area (Å²) >= 11 is 5.87. The summed E-state index contributed by atoms with van der Waals surface area (Å²) in [5.74, 6) is 0.514. The summed E-state index contributed by atoms with van der Waals surface area (Å²) in [7, 11) is 0. The lowest BCUT2D eigenvalue weighted by Gasteiger charge is -2.29. The molecule has 3 N–H and O–H groups in total. The van der Waals surface area contributed by atoms with E-state index in [1.807, 2.05) is 24.3 Å². The molecule has 0 unspecified atom stereocenters. The molecule has 0 saturated carbocycles. The molecular formula is C21H27ClFN3O2+2. The first kappa shape index (κ1) is 20.6. The third-order valence-corrected chi connectivity index (χ3v) is 5.30. The molecule has 2 aromatic rings. The average Bonchev–Trinajstić information content (AvgIpc) is 2.70. The highest BCUT2D eigenvalue weighted by Gasteiger charge is 2.24. The Kier molecular flexibility index (Phi) is 7.65. The number of piperazine rings is 1. The first-order valence-electron chi connectivity index (χ1n) is 9.66. The second-order valence-electron chi connectivity index (χ2n) is 7.10. The third kappa shape index (κ3) is 6.48. The van der Waals surface area contributed by atoms with Gasteiger partial charge in [0.2, 0.25) is 0 Å². The molecule has 1 aliphatic rings. The van der Waals surface area contributed by atoms with Crippen LogP contribution in [0, 0.1) is 5.82 Å². The van der Waals surface area contributed by atoms with Gasteiger partial charge >= 0.3 is 0 Å². The zero-order chi connectivity index (χ0) is 19.8. The number of carbonyl (C=O) groups excluding carboxylic acids is 1. The number of carbonyl (C=O) groups is 1. The van der Waals surface area contributed by atoms with Gasteiger partial charge in [-0.3, -0.25) is 4.79 Å².